The summed E-state index contributed by atoms with van der Waals surface area (Å²) in [7, 11) is 0. The van der Waals surface area contributed by atoms with Gasteiger partial charge in [0, 0.05) is 10.8 Å². The van der Waals surface area contributed by atoms with Gasteiger partial charge in [0.2, 0.25) is 0 Å². The highest BCUT2D eigenvalue weighted by Crippen LogP contribution is 2.37. The van der Waals surface area contributed by atoms with Crippen molar-refractivity contribution in [1.82, 2.24) is 0 Å². The molecule has 0 N–H and O–H groups in total. The Labute approximate surface area is 184 Å². The molecule has 0 aliphatic rings. The first-order valence-corrected chi connectivity index (χ1v) is 11.0. The molecule has 1 aromatic heterocycles. The highest BCUT2D eigenvalue weighted by Gasteiger charge is 2.14. The SMILES string of the molecule is Cc1ccc(Cc2cccc(-c3cc(C)c4c(c3)oc3ccc(C)cc34)c2C)c(C)c1. The maximum Gasteiger partial charge on any atom is 0.136 e. The van der Waals surface area contributed by atoms with Crippen LogP contribution < -0.4 is 0 Å². The van der Waals surface area contributed by atoms with Gasteiger partial charge in [0.1, 0.15) is 11.2 Å². The summed E-state index contributed by atoms with van der Waals surface area (Å²) in [6.45, 7) is 10.9. The molecule has 0 aliphatic heterocycles. The van der Waals surface area contributed by atoms with Crippen molar-refractivity contribution in [2.24, 2.45) is 0 Å². The Bertz CT molecular complexity index is 1450. The van der Waals surface area contributed by atoms with Gasteiger partial charge in [-0.3, -0.25) is 0 Å². The summed E-state index contributed by atoms with van der Waals surface area (Å²) in [5, 5.41) is 2.44. The quantitative estimate of drug-likeness (QED) is 0.294. The molecule has 0 spiro atoms. The van der Waals surface area contributed by atoms with Gasteiger partial charge in [0.25, 0.3) is 0 Å². The number of benzene rings is 4. The van der Waals surface area contributed by atoms with Crippen molar-refractivity contribution in [3.05, 3.63) is 106 Å². The van der Waals surface area contributed by atoms with E-state index >= 15 is 0 Å². The first kappa shape index (κ1) is 19.6. The highest BCUT2D eigenvalue weighted by atomic mass is 16.3. The van der Waals surface area contributed by atoms with Crippen LogP contribution in [0.5, 0.6) is 0 Å². The van der Waals surface area contributed by atoms with E-state index in [0.29, 0.717) is 0 Å². The van der Waals surface area contributed by atoms with E-state index in [1.54, 1.807) is 0 Å². The van der Waals surface area contributed by atoms with Crippen LogP contribution in [-0.2, 0) is 6.42 Å². The molecule has 1 heteroatoms. The van der Waals surface area contributed by atoms with Crippen molar-refractivity contribution in [3.8, 4) is 11.1 Å². The van der Waals surface area contributed by atoms with E-state index in [2.05, 4.69) is 101 Å². The predicted octanol–water partition coefficient (Wildman–Crippen LogP) is 8.39. The van der Waals surface area contributed by atoms with Crippen LogP contribution in [0.2, 0.25) is 0 Å². The topological polar surface area (TPSA) is 13.1 Å². The van der Waals surface area contributed by atoms with Crippen LogP contribution >= 0.6 is 0 Å². The molecule has 31 heavy (non-hydrogen) atoms. The number of fused-ring (bicyclic) bond motifs is 3. The standard InChI is InChI=1S/C30H28O/c1-18-9-11-23(20(3)13-18)16-24-7-6-8-26(22(24)5)25-15-21(4)30-27-14-19(2)10-12-28(27)31-29(30)17-25/h6-15,17H,16H2,1-5H3. The number of hydrogen-bond donors (Lipinski definition) is 0. The Morgan fingerprint density at radius 3 is 2.23 bits per heavy atom. The van der Waals surface area contributed by atoms with Gasteiger partial charge in [0.05, 0.1) is 0 Å². The van der Waals surface area contributed by atoms with Crippen LogP contribution in [0.15, 0.2) is 71.1 Å². The molecule has 0 saturated carbocycles. The predicted molar refractivity (Wildman–Crippen MR) is 132 cm³/mol. The molecule has 0 fully saturated rings. The lowest BCUT2D eigenvalue weighted by Crippen LogP contribution is -1.97. The van der Waals surface area contributed by atoms with Gasteiger partial charge in [-0.1, -0.05) is 59.7 Å². The smallest absolute Gasteiger partial charge is 0.136 e. The lowest BCUT2D eigenvalue weighted by atomic mass is 9.90. The molecule has 0 amide bonds. The van der Waals surface area contributed by atoms with Gasteiger partial charge in [-0.15, -0.1) is 0 Å². The lowest BCUT2D eigenvalue weighted by Gasteiger charge is -2.14. The van der Waals surface area contributed by atoms with Gasteiger partial charge in [-0.25, -0.2) is 0 Å². The molecule has 0 saturated heterocycles. The van der Waals surface area contributed by atoms with E-state index < -0.39 is 0 Å². The number of furan rings is 1. The minimum absolute atomic E-state index is 0.955. The zero-order valence-corrected chi connectivity index (χ0v) is 19.0. The van der Waals surface area contributed by atoms with Crippen molar-refractivity contribution < 1.29 is 4.42 Å². The molecule has 0 unspecified atom stereocenters. The first-order valence-electron chi connectivity index (χ1n) is 11.0. The largest absolute Gasteiger partial charge is 0.456 e. The van der Waals surface area contributed by atoms with E-state index in [1.165, 1.54) is 60.8 Å². The molecular weight excluding hydrogens is 376 g/mol. The third kappa shape index (κ3) is 3.45. The zero-order chi connectivity index (χ0) is 21.7. The van der Waals surface area contributed by atoms with Crippen LogP contribution in [0.25, 0.3) is 33.1 Å². The number of hydrogen-bond acceptors (Lipinski definition) is 1. The van der Waals surface area contributed by atoms with Crippen LogP contribution in [0.3, 0.4) is 0 Å². The molecule has 0 bridgehead atoms. The molecule has 4 aromatic carbocycles. The maximum absolute atomic E-state index is 6.24. The number of aryl methyl sites for hydroxylation is 4. The summed E-state index contributed by atoms with van der Waals surface area (Å²) < 4.78 is 6.24. The molecule has 5 rings (SSSR count). The monoisotopic (exact) mass is 404 g/mol. The zero-order valence-electron chi connectivity index (χ0n) is 19.0. The fourth-order valence-corrected chi connectivity index (χ4v) is 4.82. The van der Waals surface area contributed by atoms with Crippen molar-refractivity contribution in [2.75, 3.05) is 0 Å². The molecule has 5 aromatic rings. The highest BCUT2D eigenvalue weighted by molar-refractivity contribution is 6.08. The summed E-state index contributed by atoms with van der Waals surface area (Å²) in [6, 6.07) is 24.4. The number of rotatable bonds is 3. The molecule has 0 aliphatic carbocycles. The van der Waals surface area contributed by atoms with Crippen molar-refractivity contribution in [1.29, 1.82) is 0 Å². The second-order valence-corrected chi connectivity index (χ2v) is 8.96. The first-order chi connectivity index (χ1) is 14.9. The molecule has 1 nitrogen and oxygen atoms in total. The van der Waals surface area contributed by atoms with E-state index in [1.807, 2.05) is 0 Å². The van der Waals surface area contributed by atoms with Crippen LogP contribution in [-0.4, -0.2) is 0 Å². The molecule has 1 heterocycles. The minimum atomic E-state index is 0.955. The van der Waals surface area contributed by atoms with Gasteiger partial charge >= 0.3 is 0 Å². The van der Waals surface area contributed by atoms with Crippen LogP contribution in [0.4, 0.5) is 0 Å². The second-order valence-electron chi connectivity index (χ2n) is 8.96. The van der Waals surface area contributed by atoms with Gasteiger partial charge in [0.15, 0.2) is 0 Å². The Morgan fingerprint density at radius 2 is 1.42 bits per heavy atom. The Balaban J connectivity index is 1.61. The Morgan fingerprint density at radius 1 is 0.645 bits per heavy atom. The van der Waals surface area contributed by atoms with Crippen LogP contribution in [0.1, 0.15) is 38.9 Å². The maximum atomic E-state index is 6.24. The average Bonchev–Trinajstić information content (AvgIpc) is 3.09. The van der Waals surface area contributed by atoms with Crippen molar-refractivity contribution in [3.63, 3.8) is 0 Å². The molecule has 154 valence electrons. The van der Waals surface area contributed by atoms with E-state index in [0.717, 1.165) is 17.6 Å². The third-order valence-electron chi connectivity index (χ3n) is 6.56. The molecular formula is C30H28O. The van der Waals surface area contributed by atoms with E-state index in [-0.39, 0.29) is 0 Å². The summed E-state index contributed by atoms with van der Waals surface area (Å²) in [5.41, 5.74) is 13.7. The summed E-state index contributed by atoms with van der Waals surface area (Å²) in [6.07, 6.45) is 0.955. The van der Waals surface area contributed by atoms with Crippen molar-refractivity contribution >= 4 is 21.9 Å². The fraction of sp³-hybridized carbons (Fsp3) is 0.200. The van der Waals surface area contributed by atoms with E-state index in [9.17, 15) is 0 Å². The van der Waals surface area contributed by atoms with Crippen LogP contribution in [0, 0.1) is 34.6 Å². The Hall–Kier alpha value is -3.32. The summed E-state index contributed by atoms with van der Waals surface area (Å²) in [4.78, 5) is 0. The minimum Gasteiger partial charge on any atom is -0.456 e. The fourth-order valence-electron chi connectivity index (χ4n) is 4.82. The van der Waals surface area contributed by atoms with Gasteiger partial charge < -0.3 is 4.42 Å². The molecule has 0 atom stereocenters. The van der Waals surface area contributed by atoms with Crippen molar-refractivity contribution in [2.45, 2.75) is 41.0 Å². The third-order valence-corrected chi connectivity index (χ3v) is 6.56. The summed E-state index contributed by atoms with van der Waals surface area (Å²) >= 11 is 0. The normalized spacial score (nSPS) is 11.5. The lowest BCUT2D eigenvalue weighted by molar-refractivity contribution is 0.669. The average molecular weight is 405 g/mol. The Kier molecular flexibility index (Phi) is 4.70. The van der Waals surface area contributed by atoms with E-state index in [4.69, 9.17) is 4.42 Å². The molecule has 0 radical (unpaired) electrons. The van der Waals surface area contributed by atoms with Gasteiger partial charge in [-0.05, 0) is 98.2 Å². The summed E-state index contributed by atoms with van der Waals surface area (Å²) in [5.74, 6) is 0. The second kappa shape index (κ2) is 7.42. The van der Waals surface area contributed by atoms with Gasteiger partial charge in [-0.2, -0.15) is 0 Å².